The van der Waals surface area contributed by atoms with E-state index in [2.05, 4.69) is 15.2 Å². The van der Waals surface area contributed by atoms with Crippen molar-refractivity contribution < 1.29 is 14.2 Å². The largest absolute Gasteiger partial charge is 0.454 e. The summed E-state index contributed by atoms with van der Waals surface area (Å²) in [4.78, 5) is 6.47. The molecular formula is C18H21N3O3S. The molecular weight excluding hydrogens is 338 g/mol. The maximum atomic E-state index is 5.56. The average Bonchev–Trinajstić information content (AvgIpc) is 3.10. The molecule has 2 aromatic rings. The molecule has 0 unspecified atom stereocenters. The number of ether oxygens (including phenoxy) is 3. The van der Waals surface area contributed by atoms with Crippen LogP contribution in [0.25, 0.3) is 0 Å². The Morgan fingerprint density at radius 2 is 2.12 bits per heavy atom. The molecule has 0 fully saturated rings. The number of aromatic nitrogens is 1. The van der Waals surface area contributed by atoms with Crippen LogP contribution in [0.5, 0.6) is 11.5 Å². The van der Waals surface area contributed by atoms with Gasteiger partial charge in [0.2, 0.25) is 6.79 Å². The summed E-state index contributed by atoms with van der Waals surface area (Å²) in [5.74, 6) is 1.55. The van der Waals surface area contributed by atoms with Gasteiger partial charge in [-0.1, -0.05) is 12.1 Å². The van der Waals surface area contributed by atoms with Crippen LogP contribution in [0.3, 0.4) is 0 Å². The Balaban J connectivity index is 1.72. The molecule has 132 valence electrons. The van der Waals surface area contributed by atoms with Crippen LogP contribution in [0.4, 0.5) is 0 Å². The molecule has 0 radical (unpaired) electrons. The summed E-state index contributed by atoms with van der Waals surface area (Å²) in [7, 11) is 1.67. The molecule has 0 saturated heterocycles. The second-order valence-corrected chi connectivity index (χ2v) is 5.98. The second-order valence-electron chi connectivity index (χ2n) is 5.59. The van der Waals surface area contributed by atoms with Gasteiger partial charge >= 0.3 is 0 Å². The number of benzene rings is 1. The van der Waals surface area contributed by atoms with Gasteiger partial charge in [0.25, 0.3) is 0 Å². The molecule has 2 heterocycles. The minimum Gasteiger partial charge on any atom is -0.454 e. The minimum atomic E-state index is 0.271. The number of fused-ring (bicyclic) bond motifs is 1. The quantitative estimate of drug-likeness (QED) is 0.601. The first-order valence-corrected chi connectivity index (χ1v) is 8.47. The van der Waals surface area contributed by atoms with Crippen LogP contribution in [-0.2, 0) is 17.8 Å². The molecule has 0 spiro atoms. The molecule has 0 aliphatic carbocycles. The molecule has 1 N–H and O–H groups in total. The number of nitrogens with one attached hydrogen (secondary N) is 1. The third-order valence-electron chi connectivity index (χ3n) is 3.76. The lowest BCUT2D eigenvalue weighted by molar-refractivity contribution is 0.174. The predicted molar refractivity (Wildman–Crippen MR) is 98.5 cm³/mol. The van der Waals surface area contributed by atoms with Crippen molar-refractivity contribution in [3.05, 3.63) is 53.9 Å². The fourth-order valence-corrected chi connectivity index (χ4v) is 2.75. The van der Waals surface area contributed by atoms with Crippen molar-refractivity contribution in [1.82, 2.24) is 15.2 Å². The Bertz CT molecular complexity index is 712. The molecule has 3 rings (SSSR count). The summed E-state index contributed by atoms with van der Waals surface area (Å²) in [6, 6.07) is 11.8. The lowest BCUT2D eigenvalue weighted by Gasteiger charge is -2.26. The number of nitrogens with zero attached hydrogens (tertiary/aromatic N) is 2. The van der Waals surface area contributed by atoms with Crippen molar-refractivity contribution in [2.24, 2.45) is 0 Å². The first-order valence-electron chi connectivity index (χ1n) is 8.06. The molecule has 1 aliphatic rings. The first-order chi connectivity index (χ1) is 12.3. The predicted octanol–water partition coefficient (Wildman–Crippen LogP) is 2.33. The van der Waals surface area contributed by atoms with E-state index in [1.807, 2.05) is 36.4 Å². The van der Waals surface area contributed by atoms with Crippen molar-refractivity contribution >= 4 is 17.3 Å². The van der Waals surface area contributed by atoms with Gasteiger partial charge in [-0.3, -0.25) is 4.98 Å². The van der Waals surface area contributed by atoms with Crippen LogP contribution < -0.4 is 14.8 Å². The SMILES string of the molecule is COCCNC(=S)N(Cc1ccc2c(c1)OCO2)Cc1ccccn1. The number of hydrogen-bond donors (Lipinski definition) is 1. The Morgan fingerprint density at radius 1 is 1.24 bits per heavy atom. The van der Waals surface area contributed by atoms with E-state index in [4.69, 9.17) is 26.4 Å². The number of methoxy groups -OCH3 is 1. The van der Waals surface area contributed by atoms with Gasteiger partial charge in [-0.2, -0.15) is 0 Å². The van der Waals surface area contributed by atoms with Crippen LogP contribution >= 0.6 is 12.2 Å². The summed E-state index contributed by atoms with van der Waals surface area (Å²) >= 11 is 5.56. The Kier molecular flexibility index (Phi) is 6.03. The summed E-state index contributed by atoms with van der Waals surface area (Å²) in [5.41, 5.74) is 2.05. The highest BCUT2D eigenvalue weighted by Crippen LogP contribution is 2.32. The molecule has 1 aliphatic heterocycles. The lowest BCUT2D eigenvalue weighted by Crippen LogP contribution is -2.40. The van der Waals surface area contributed by atoms with Gasteiger partial charge in [0.05, 0.1) is 18.8 Å². The third-order valence-corrected chi connectivity index (χ3v) is 4.16. The molecule has 0 atom stereocenters. The number of rotatable bonds is 7. The maximum absolute atomic E-state index is 5.56. The van der Waals surface area contributed by atoms with Crippen molar-refractivity contribution in [1.29, 1.82) is 0 Å². The zero-order valence-corrected chi connectivity index (χ0v) is 14.9. The van der Waals surface area contributed by atoms with E-state index in [-0.39, 0.29) is 6.79 Å². The van der Waals surface area contributed by atoms with Crippen molar-refractivity contribution in [3.63, 3.8) is 0 Å². The molecule has 6 nitrogen and oxygen atoms in total. The van der Waals surface area contributed by atoms with Gasteiger partial charge < -0.3 is 24.4 Å². The third kappa shape index (κ3) is 4.80. The topological polar surface area (TPSA) is 55.9 Å². The van der Waals surface area contributed by atoms with Crippen molar-refractivity contribution in [2.75, 3.05) is 27.1 Å². The first kappa shape index (κ1) is 17.4. The van der Waals surface area contributed by atoms with E-state index >= 15 is 0 Å². The minimum absolute atomic E-state index is 0.271. The van der Waals surface area contributed by atoms with Gasteiger partial charge in [0.1, 0.15) is 0 Å². The van der Waals surface area contributed by atoms with E-state index < -0.39 is 0 Å². The highest BCUT2D eigenvalue weighted by atomic mass is 32.1. The standard InChI is InChI=1S/C18H21N3O3S/c1-22-9-8-20-18(25)21(12-15-4-2-3-7-19-15)11-14-5-6-16-17(10-14)24-13-23-16/h2-7,10H,8-9,11-13H2,1H3,(H,20,25). The van der Waals surface area contributed by atoms with E-state index in [0.29, 0.717) is 31.4 Å². The molecule has 25 heavy (non-hydrogen) atoms. The van der Waals surface area contributed by atoms with Crippen LogP contribution in [0.15, 0.2) is 42.6 Å². The zero-order chi connectivity index (χ0) is 17.5. The molecule has 0 amide bonds. The van der Waals surface area contributed by atoms with Gasteiger partial charge in [-0.15, -0.1) is 0 Å². The highest BCUT2D eigenvalue weighted by molar-refractivity contribution is 7.80. The molecule has 0 saturated carbocycles. The maximum Gasteiger partial charge on any atom is 0.231 e. The summed E-state index contributed by atoms with van der Waals surface area (Å²) in [6.07, 6.45) is 1.79. The zero-order valence-electron chi connectivity index (χ0n) is 14.1. The smallest absolute Gasteiger partial charge is 0.231 e. The van der Waals surface area contributed by atoms with E-state index in [0.717, 1.165) is 22.8 Å². The summed E-state index contributed by atoms with van der Waals surface area (Å²) < 4.78 is 15.9. The number of pyridine rings is 1. The van der Waals surface area contributed by atoms with Crippen molar-refractivity contribution in [3.8, 4) is 11.5 Å². The van der Waals surface area contributed by atoms with Gasteiger partial charge in [-0.05, 0) is 42.0 Å². The number of thiocarbonyl (C=S) groups is 1. The molecule has 1 aromatic heterocycles. The molecule has 1 aromatic carbocycles. The van der Waals surface area contributed by atoms with Gasteiger partial charge in [0.15, 0.2) is 16.6 Å². The van der Waals surface area contributed by atoms with Crippen LogP contribution in [0, 0.1) is 0 Å². The average molecular weight is 359 g/mol. The van der Waals surface area contributed by atoms with Gasteiger partial charge in [0, 0.05) is 26.4 Å². The Labute approximate surface area is 152 Å². The summed E-state index contributed by atoms with van der Waals surface area (Å²) in [6.45, 7) is 2.80. The van der Waals surface area contributed by atoms with Crippen LogP contribution in [-0.4, -0.2) is 42.1 Å². The lowest BCUT2D eigenvalue weighted by atomic mass is 10.2. The number of hydrogen-bond acceptors (Lipinski definition) is 5. The fraction of sp³-hybridized carbons (Fsp3) is 0.333. The second kappa shape index (κ2) is 8.64. The van der Waals surface area contributed by atoms with Crippen molar-refractivity contribution in [2.45, 2.75) is 13.1 Å². The highest BCUT2D eigenvalue weighted by Gasteiger charge is 2.16. The molecule has 0 bridgehead atoms. The van der Waals surface area contributed by atoms with E-state index in [1.165, 1.54) is 0 Å². The van der Waals surface area contributed by atoms with E-state index in [9.17, 15) is 0 Å². The monoisotopic (exact) mass is 359 g/mol. The normalized spacial score (nSPS) is 12.0. The van der Waals surface area contributed by atoms with Gasteiger partial charge in [-0.25, -0.2) is 0 Å². The molecule has 7 heteroatoms. The van der Waals surface area contributed by atoms with Crippen LogP contribution in [0.2, 0.25) is 0 Å². The Hall–Kier alpha value is -2.38. The van der Waals surface area contributed by atoms with Crippen LogP contribution in [0.1, 0.15) is 11.3 Å². The summed E-state index contributed by atoms with van der Waals surface area (Å²) in [5, 5.41) is 3.89. The Morgan fingerprint density at radius 3 is 2.92 bits per heavy atom. The van der Waals surface area contributed by atoms with E-state index in [1.54, 1.807) is 13.3 Å². The fourth-order valence-electron chi connectivity index (χ4n) is 2.52.